The summed E-state index contributed by atoms with van der Waals surface area (Å²) in [4.78, 5) is 6.84. The van der Waals surface area contributed by atoms with Crippen molar-refractivity contribution in [3.05, 3.63) is 9.98 Å². The van der Waals surface area contributed by atoms with Crippen LogP contribution in [0.25, 0.3) is 0 Å². The van der Waals surface area contributed by atoms with Crippen molar-refractivity contribution in [2.45, 2.75) is 26.3 Å². The van der Waals surface area contributed by atoms with Gasteiger partial charge in [-0.25, -0.2) is 4.98 Å². The Morgan fingerprint density at radius 3 is 2.85 bits per heavy atom. The van der Waals surface area contributed by atoms with Gasteiger partial charge >= 0.3 is 0 Å². The summed E-state index contributed by atoms with van der Waals surface area (Å²) < 4.78 is 0.958. The van der Waals surface area contributed by atoms with Gasteiger partial charge in [0.2, 0.25) is 0 Å². The number of aromatic nitrogens is 1. The Balaban J connectivity index is 2.17. The van der Waals surface area contributed by atoms with Crippen molar-refractivity contribution in [2.24, 2.45) is 5.92 Å². The molecule has 1 aliphatic rings. The molecule has 2 atom stereocenters. The zero-order valence-corrected chi connectivity index (χ0v) is 10.2. The molecule has 0 aliphatic carbocycles. The van der Waals surface area contributed by atoms with Crippen LogP contribution in [0.15, 0.2) is 9.98 Å². The number of halogens is 1. The first kappa shape index (κ1) is 9.46. The van der Waals surface area contributed by atoms with Gasteiger partial charge in [0.15, 0.2) is 5.13 Å². The van der Waals surface area contributed by atoms with Gasteiger partial charge in [-0.3, -0.25) is 0 Å². The van der Waals surface area contributed by atoms with Gasteiger partial charge in [-0.1, -0.05) is 6.92 Å². The lowest BCUT2D eigenvalue weighted by atomic mass is 10.1. The monoisotopic (exact) mass is 260 g/mol. The maximum Gasteiger partial charge on any atom is 0.186 e. The second-order valence-electron chi connectivity index (χ2n) is 3.80. The van der Waals surface area contributed by atoms with E-state index < -0.39 is 0 Å². The molecule has 2 unspecified atom stereocenters. The van der Waals surface area contributed by atoms with E-state index in [4.69, 9.17) is 0 Å². The standard InChI is InChI=1S/C9H13BrN2S/c1-6-3-7(2)12(4-6)9-11-8(10)5-13-9/h5-7H,3-4H2,1-2H3. The summed E-state index contributed by atoms with van der Waals surface area (Å²) in [6, 6.07) is 0.646. The number of nitrogens with zero attached hydrogens (tertiary/aromatic N) is 2. The van der Waals surface area contributed by atoms with Crippen LogP contribution in [-0.2, 0) is 0 Å². The van der Waals surface area contributed by atoms with Gasteiger partial charge in [0, 0.05) is 18.0 Å². The summed E-state index contributed by atoms with van der Waals surface area (Å²) >= 11 is 5.11. The summed E-state index contributed by atoms with van der Waals surface area (Å²) in [5.74, 6) is 0.803. The highest BCUT2D eigenvalue weighted by atomic mass is 79.9. The minimum absolute atomic E-state index is 0.646. The van der Waals surface area contributed by atoms with Crippen LogP contribution in [0.1, 0.15) is 20.3 Å². The van der Waals surface area contributed by atoms with Crippen molar-refractivity contribution in [3.63, 3.8) is 0 Å². The predicted molar refractivity (Wildman–Crippen MR) is 60.4 cm³/mol. The molecule has 0 bridgehead atoms. The van der Waals surface area contributed by atoms with Gasteiger partial charge in [-0.05, 0) is 35.2 Å². The molecule has 0 radical (unpaired) electrons. The maximum atomic E-state index is 4.44. The second kappa shape index (κ2) is 3.58. The Kier molecular flexibility index (Phi) is 2.60. The second-order valence-corrected chi connectivity index (χ2v) is 5.44. The highest BCUT2D eigenvalue weighted by Gasteiger charge is 2.27. The highest BCUT2D eigenvalue weighted by Crippen LogP contribution is 2.31. The Morgan fingerprint density at radius 2 is 2.38 bits per heavy atom. The quantitative estimate of drug-likeness (QED) is 0.772. The lowest BCUT2D eigenvalue weighted by Crippen LogP contribution is -2.26. The topological polar surface area (TPSA) is 16.1 Å². The molecular formula is C9H13BrN2S. The number of hydrogen-bond acceptors (Lipinski definition) is 3. The molecule has 1 aliphatic heterocycles. The molecule has 4 heteroatoms. The first-order chi connectivity index (χ1) is 6.16. The van der Waals surface area contributed by atoms with Crippen LogP contribution in [0.5, 0.6) is 0 Å². The Bertz CT molecular complexity index is 300. The Hall–Kier alpha value is -0.0900. The average Bonchev–Trinajstić information content (AvgIpc) is 2.58. The van der Waals surface area contributed by atoms with Gasteiger partial charge in [-0.2, -0.15) is 0 Å². The lowest BCUT2D eigenvalue weighted by Gasteiger charge is -2.19. The third kappa shape index (κ3) is 1.89. The fourth-order valence-corrected chi connectivity index (χ4v) is 3.31. The fraction of sp³-hybridized carbons (Fsp3) is 0.667. The van der Waals surface area contributed by atoms with Crippen molar-refractivity contribution in [1.29, 1.82) is 0 Å². The molecule has 0 aromatic carbocycles. The van der Waals surface area contributed by atoms with E-state index in [9.17, 15) is 0 Å². The first-order valence-corrected chi connectivity index (χ1v) is 6.21. The summed E-state index contributed by atoms with van der Waals surface area (Å²) in [7, 11) is 0. The molecule has 0 saturated carbocycles. The smallest absolute Gasteiger partial charge is 0.186 e. The third-order valence-corrected chi connectivity index (χ3v) is 4.08. The van der Waals surface area contributed by atoms with Gasteiger partial charge in [0.25, 0.3) is 0 Å². The van der Waals surface area contributed by atoms with Crippen molar-refractivity contribution < 1.29 is 0 Å². The first-order valence-electron chi connectivity index (χ1n) is 4.54. The molecule has 0 spiro atoms. The average molecular weight is 261 g/mol. The van der Waals surface area contributed by atoms with E-state index in [0.717, 1.165) is 22.2 Å². The molecule has 2 rings (SSSR count). The van der Waals surface area contributed by atoms with Crippen molar-refractivity contribution in [2.75, 3.05) is 11.4 Å². The Morgan fingerprint density at radius 1 is 1.62 bits per heavy atom. The summed E-state index contributed by atoms with van der Waals surface area (Å²) in [6.07, 6.45) is 1.29. The van der Waals surface area contributed by atoms with E-state index in [-0.39, 0.29) is 0 Å². The van der Waals surface area contributed by atoms with Crippen molar-refractivity contribution >= 4 is 32.4 Å². The van der Waals surface area contributed by atoms with Crippen LogP contribution in [0, 0.1) is 5.92 Å². The predicted octanol–water partition coefficient (Wildman–Crippen LogP) is 3.14. The minimum Gasteiger partial charge on any atom is -0.345 e. The molecule has 1 fully saturated rings. The molecule has 1 aromatic rings. The van der Waals surface area contributed by atoms with Crippen molar-refractivity contribution in [3.8, 4) is 0 Å². The minimum atomic E-state index is 0.646. The van der Waals surface area contributed by atoms with Crippen LogP contribution in [-0.4, -0.2) is 17.6 Å². The zero-order chi connectivity index (χ0) is 9.42. The number of hydrogen-bond donors (Lipinski definition) is 0. The maximum absolute atomic E-state index is 4.44. The molecule has 72 valence electrons. The van der Waals surface area contributed by atoms with E-state index in [1.165, 1.54) is 6.42 Å². The van der Waals surface area contributed by atoms with Crippen LogP contribution >= 0.6 is 27.3 Å². The molecule has 1 aromatic heterocycles. The lowest BCUT2D eigenvalue weighted by molar-refractivity contribution is 0.625. The highest BCUT2D eigenvalue weighted by molar-refractivity contribution is 9.10. The summed E-state index contributed by atoms with van der Waals surface area (Å²) in [6.45, 7) is 5.74. The van der Waals surface area contributed by atoms with E-state index in [2.05, 4.69) is 39.7 Å². The number of rotatable bonds is 1. The number of anilines is 1. The van der Waals surface area contributed by atoms with Crippen LogP contribution in [0.2, 0.25) is 0 Å². The van der Waals surface area contributed by atoms with E-state index in [0.29, 0.717) is 6.04 Å². The van der Waals surface area contributed by atoms with Gasteiger partial charge < -0.3 is 4.90 Å². The Labute approximate surface area is 91.1 Å². The fourth-order valence-electron chi connectivity index (χ4n) is 1.94. The molecule has 0 N–H and O–H groups in total. The van der Waals surface area contributed by atoms with Crippen LogP contribution < -0.4 is 4.90 Å². The van der Waals surface area contributed by atoms with Crippen molar-refractivity contribution in [1.82, 2.24) is 4.98 Å². The summed E-state index contributed by atoms with van der Waals surface area (Å²) in [5.41, 5.74) is 0. The molecular weight excluding hydrogens is 248 g/mol. The normalized spacial score (nSPS) is 28.4. The molecule has 1 saturated heterocycles. The molecule has 13 heavy (non-hydrogen) atoms. The van der Waals surface area contributed by atoms with Gasteiger partial charge in [0.05, 0.1) is 0 Å². The van der Waals surface area contributed by atoms with Gasteiger partial charge in [-0.15, -0.1) is 11.3 Å². The third-order valence-electron chi connectivity index (χ3n) is 2.49. The van der Waals surface area contributed by atoms with Crippen LogP contribution in [0.3, 0.4) is 0 Å². The van der Waals surface area contributed by atoms with E-state index in [1.807, 2.05) is 5.38 Å². The largest absolute Gasteiger partial charge is 0.345 e. The zero-order valence-electron chi connectivity index (χ0n) is 7.83. The van der Waals surface area contributed by atoms with Crippen LogP contribution in [0.4, 0.5) is 5.13 Å². The molecule has 2 nitrogen and oxygen atoms in total. The van der Waals surface area contributed by atoms with E-state index >= 15 is 0 Å². The van der Waals surface area contributed by atoms with E-state index in [1.54, 1.807) is 11.3 Å². The number of thiazole rings is 1. The molecule has 0 amide bonds. The molecule has 2 heterocycles. The SMILES string of the molecule is CC1CC(C)N(c2nc(Br)cs2)C1. The summed E-state index contributed by atoms with van der Waals surface area (Å²) in [5, 5.41) is 3.20. The van der Waals surface area contributed by atoms with Gasteiger partial charge in [0.1, 0.15) is 4.60 Å².